The Morgan fingerprint density at radius 1 is 1.50 bits per heavy atom. The summed E-state index contributed by atoms with van der Waals surface area (Å²) in [6.07, 6.45) is 3.03. The van der Waals surface area contributed by atoms with Crippen LogP contribution in [0.1, 0.15) is 32.3 Å². The molecule has 0 spiro atoms. The van der Waals surface area contributed by atoms with E-state index in [4.69, 9.17) is 22.1 Å². The summed E-state index contributed by atoms with van der Waals surface area (Å²) in [5.41, 5.74) is 8.26. The van der Waals surface area contributed by atoms with E-state index in [1.807, 2.05) is 19.1 Å². The molecule has 2 atom stereocenters. The number of hydrogen-bond donors (Lipinski definition) is 1. The first kappa shape index (κ1) is 15.6. The molecule has 1 aromatic rings. The molecule has 0 saturated carbocycles. The van der Waals surface area contributed by atoms with Gasteiger partial charge >= 0.3 is 0 Å². The zero-order valence-electron chi connectivity index (χ0n) is 12.7. The third-order valence-corrected chi connectivity index (χ3v) is 4.47. The van der Waals surface area contributed by atoms with Gasteiger partial charge in [0.1, 0.15) is 0 Å². The molecule has 1 fully saturated rings. The van der Waals surface area contributed by atoms with E-state index in [9.17, 15) is 0 Å². The molecule has 1 aliphatic heterocycles. The Bertz CT molecular complexity index is 464. The highest BCUT2D eigenvalue weighted by Gasteiger charge is 2.31. The minimum atomic E-state index is -0.0772. The van der Waals surface area contributed by atoms with Gasteiger partial charge in [-0.1, -0.05) is 17.7 Å². The monoisotopic (exact) mass is 296 g/mol. The number of nitrogens with two attached hydrogens (primary N) is 1. The Labute approximate surface area is 127 Å². The SMILES string of the molecule is COC1(C)CCCN(c2cccc(Cl)c2CC(C)N)C1. The highest BCUT2D eigenvalue weighted by molar-refractivity contribution is 6.31. The minimum Gasteiger partial charge on any atom is -0.377 e. The number of anilines is 1. The summed E-state index contributed by atoms with van der Waals surface area (Å²) in [6, 6.07) is 6.21. The molecule has 1 aromatic carbocycles. The molecular weight excluding hydrogens is 272 g/mol. The number of halogens is 1. The third kappa shape index (κ3) is 3.46. The van der Waals surface area contributed by atoms with Crippen molar-refractivity contribution in [3.05, 3.63) is 28.8 Å². The van der Waals surface area contributed by atoms with Gasteiger partial charge in [-0.3, -0.25) is 0 Å². The lowest BCUT2D eigenvalue weighted by molar-refractivity contribution is -0.00468. The molecule has 0 radical (unpaired) electrons. The molecule has 2 unspecified atom stereocenters. The van der Waals surface area contributed by atoms with E-state index in [0.717, 1.165) is 42.9 Å². The van der Waals surface area contributed by atoms with E-state index in [2.05, 4.69) is 17.9 Å². The molecule has 2 N–H and O–H groups in total. The Hall–Kier alpha value is -0.770. The minimum absolute atomic E-state index is 0.0772. The van der Waals surface area contributed by atoms with E-state index in [1.165, 1.54) is 5.69 Å². The van der Waals surface area contributed by atoms with Gasteiger partial charge in [-0.25, -0.2) is 0 Å². The Morgan fingerprint density at radius 2 is 2.25 bits per heavy atom. The fourth-order valence-electron chi connectivity index (χ4n) is 2.95. The van der Waals surface area contributed by atoms with Crippen molar-refractivity contribution in [2.24, 2.45) is 5.73 Å². The van der Waals surface area contributed by atoms with Gasteiger partial charge in [-0.15, -0.1) is 0 Å². The first-order valence-electron chi connectivity index (χ1n) is 7.28. The number of piperidine rings is 1. The van der Waals surface area contributed by atoms with Gasteiger partial charge in [-0.2, -0.15) is 0 Å². The number of rotatable bonds is 4. The number of methoxy groups -OCH3 is 1. The second-order valence-electron chi connectivity index (χ2n) is 6.10. The van der Waals surface area contributed by atoms with Crippen molar-refractivity contribution < 1.29 is 4.74 Å². The zero-order chi connectivity index (χ0) is 14.8. The molecule has 0 amide bonds. The lowest BCUT2D eigenvalue weighted by Crippen LogP contribution is -2.47. The summed E-state index contributed by atoms with van der Waals surface area (Å²) in [6.45, 7) is 6.14. The predicted octanol–water partition coefficient (Wildman–Crippen LogP) is 3.24. The molecule has 3 nitrogen and oxygen atoms in total. The van der Waals surface area contributed by atoms with Crippen molar-refractivity contribution in [3.63, 3.8) is 0 Å². The van der Waals surface area contributed by atoms with Crippen LogP contribution in [0.15, 0.2) is 18.2 Å². The van der Waals surface area contributed by atoms with Gasteiger partial charge in [0.25, 0.3) is 0 Å². The van der Waals surface area contributed by atoms with Crippen molar-refractivity contribution in [2.75, 3.05) is 25.1 Å². The molecule has 112 valence electrons. The molecule has 0 aliphatic carbocycles. The van der Waals surface area contributed by atoms with Crippen molar-refractivity contribution in [2.45, 2.75) is 44.8 Å². The van der Waals surface area contributed by atoms with Crippen molar-refractivity contribution in [3.8, 4) is 0 Å². The largest absolute Gasteiger partial charge is 0.377 e. The maximum atomic E-state index is 6.38. The van der Waals surface area contributed by atoms with Crippen LogP contribution in [-0.4, -0.2) is 31.8 Å². The molecule has 0 bridgehead atoms. The predicted molar refractivity (Wildman–Crippen MR) is 85.7 cm³/mol. The summed E-state index contributed by atoms with van der Waals surface area (Å²) in [5, 5.41) is 0.810. The van der Waals surface area contributed by atoms with E-state index in [1.54, 1.807) is 7.11 Å². The maximum Gasteiger partial charge on any atom is 0.0825 e. The lowest BCUT2D eigenvalue weighted by atomic mass is 9.93. The fraction of sp³-hybridized carbons (Fsp3) is 0.625. The Kier molecular flexibility index (Phi) is 4.95. The number of ether oxygens (including phenoxy) is 1. The quantitative estimate of drug-likeness (QED) is 0.927. The van der Waals surface area contributed by atoms with Crippen LogP contribution < -0.4 is 10.6 Å². The maximum absolute atomic E-state index is 6.38. The summed E-state index contributed by atoms with van der Waals surface area (Å²) in [5.74, 6) is 0. The van der Waals surface area contributed by atoms with E-state index >= 15 is 0 Å². The molecule has 1 aliphatic rings. The second kappa shape index (κ2) is 6.33. The average Bonchev–Trinajstić information content (AvgIpc) is 2.41. The highest BCUT2D eigenvalue weighted by atomic mass is 35.5. The topological polar surface area (TPSA) is 38.5 Å². The summed E-state index contributed by atoms with van der Waals surface area (Å²) >= 11 is 6.38. The Morgan fingerprint density at radius 3 is 2.90 bits per heavy atom. The highest BCUT2D eigenvalue weighted by Crippen LogP contribution is 2.33. The van der Waals surface area contributed by atoms with Gasteiger partial charge in [-0.05, 0) is 50.8 Å². The molecule has 1 saturated heterocycles. The van der Waals surface area contributed by atoms with Crippen LogP contribution in [0.25, 0.3) is 0 Å². The summed E-state index contributed by atoms with van der Waals surface area (Å²) in [7, 11) is 1.80. The van der Waals surface area contributed by atoms with Crippen molar-refractivity contribution in [1.29, 1.82) is 0 Å². The van der Waals surface area contributed by atoms with Gasteiger partial charge < -0.3 is 15.4 Å². The van der Waals surface area contributed by atoms with Crippen LogP contribution in [0, 0.1) is 0 Å². The van der Waals surface area contributed by atoms with Gasteiger partial charge in [0.15, 0.2) is 0 Å². The van der Waals surface area contributed by atoms with Crippen LogP contribution in [0.3, 0.4) is 0 Å². The number of hydrogen-bond acceptors (Lipinski definition) is 3. The number of nitrogens with zero attached hydrogens (tertiary/aromatic N) is 1. The van der Waals surface area contributed by atoms with Crippen LogP contribution in [0.2, 0.25) is 5.02 Å². The smallest absolute Gasteiger partial charge is 0.0825 e. The lowest BCUT2D eigenvalue weighted by Gasteiger charge is -2.41. The molecule has 4 heteroatoms. The molecular formula is C16H25ClN2O. The van der Waals surface area contributed by atoms with Crippen LogP contribution in [-0.2, 0) is 11.2 Å². The normalized spacial score (nSPS) is 24.8. The zero-order valence-corrected chi connectivity index (χ0v) is 13.4. The van der Waals surface area contributed by atoms with E-state index in [-0.39, 0.29) is 11.6 Å². The van der Waals surface area contributed by atoms with Crippen LogP contribution in [0.4, 0.5) is 5.69 Å². The van der Waals surface area contributed by atoms with Crippen molar-refractivity contribution >= 4 is 17.3 Å². The molecule has 20 heavy (non-hydrogen) atoms. The first-order valence-corrected chi connectivity index (χ1v) is 7.66. The van der Waals surface area contributed by atoms with E-state index < -0.39 is 0 Å². The molecule has 0 aromatic heterocycles. The number of benzene rings is 1. The standard InChI is InChI=1S/C16H25ClN2O/c1-12(18)10-13-14(17)6-4-7-15(13)19-9-5-8-16(2,11-19)20-3/h4,6-7,12H,5,8-11,18H2,1-3H3. The van der Waals surface area contributed by atoms with Gasteiger partial charge in [0.05, 0.1) is 5.60 Å². The van der Waals surface area contributed by atoms with Crippen LogP contribution >= 0.6 is 11.6 Å². The van der Waals surface area contributed by atoms with Crippen molar-refractivity contribution in [1.82, 2.24) is 0 Å². The van der Waals surface area contributed by atoms with Gasteiger partial charge in [0, 0.05) is 37.0 Å². The third-order valence-electron chi connectivity index (χ3n) is 4.11. The molecule has 2 rings (SSSR count). The van der Waals surface area contributed by atoms with Crippen LogP contribution in [0.5, 0.6) is 0 Å². The Balaban J connectivity index is 2.30. The summed E-state index contributed by atoms with van der Waals surface area (Å²) < 4.78 is 5.68. The second-order valence-corrected chi connectivity index (χ2v) is 6.51. The first-order chi connectivity index (χ1) is 9.45. The summed E-state index contributed by atoms with van der Waals surface area (Å²) in [4.78, 5) is 2.39. The van der Waals surface area contributed by atoms with E-state index in [0.29, 0.717) is 0 Å². The fourth-order valence-corrected chi connectivity index (χ4v) is 3.19. The molecule has 1 heterocycles. The van der Waals surface area contributed by atoms with Gasteiger partial charge in [0.2, 0.25) is 0 Å². The average molecular weight is 297 g/mol.